The van der Waals surface area contributed by atoms with E-state index in [1.807, 2.05) is 0 Å². The van der Waals surface area contributed by atoms with Crippen LogP contribution >= 0.6 is 11.8 Å². The third-order valence-corrected chi connectivity index (χ3v) is 4.29. The normalized spacial score (nSPS) is 11.7. The lowest BCUT2D eigenvalue weighted by molar-refractivity contribution is -0.115. The lowest BCUT2D eigenvalue weighted by Gasteiger charge is -2.12. The molecule has 2 amide bonds. The fourth-order valence-corrected chi connectivity index (χ4v) is 2.52. The summed E-state index contributed by atoms with van der Waals surface area (Å²) in [5.74, 6) is -2.91. The molecule has 2 rings (SSSR count). The molecule has 1 atom stereocenters. The highest BCUT2D eigenvalue weighted by atomic mass is 32.2. The van der Waals surface area contributed by atoms with Gasteiger partial charge in [-0.3, -0.25) is 9.59 Å². The number of thioether (sulfide) groups is 1. The molecule has 2 aromatic carbocycles. The van der Waals surface area contributed by atoms with Crippen LogP contribution in [0.1, 0.15) is 6.92 Å². The average molecular weight is 368 g/mol. The highest BCUT2D eigenvalue weighted by Crippen LogP contribution is 2.18. The number of carbonyl (C=O) groups excluding carboxylic acids is 2. The molecule has 1 unspecified atom stereocenters. The molecule has 0 aromatic heterocycles. The Balaban J connectivity index is 1.82. The molecular formula is C17H15F3N2O2S. The first-order valence-corrected chi connectivity index (χ1v) is 8.33. The van der Waals surface area contributed by atoms with Gasteiger partial charge in [-0.05, 0) is 43.3 Å². The van der Waals surface area contributed by atoms with Crippen molar-refractivity contribution in [1.82, 2.24) is 0 Å². The zero-order valence-electron chi connectivity index (χ0n) is 13.2. The summed E-state index contributed by atoms with van der Waals surface area (Å²) in [5.41, 5.74) is 0.312. The Labute approximate surface area is 146 Å². The molecule has 0 radical (unpaired) electrons. The second kappa shape index (κ2) is 8.57. The summed E-state index contributed by atoms with van der Waals surface area (Å²) in [4.78, 5) is 23.8. The van der Waals surface area contributed by atoms with Crippen molar-refractivity contribution >= 4 is 35.0 Å². The van der Waals surface area contributed by atoms with Gasteiger partial charge in [0.25, 0.3) is 0 Å². The van der Waals surface area contributed by atoms with Gasteiger partial charge in [0, 0.05) is 11.8 Å². The SMILES string of the molecule is CC(SCC(=O)Nc1ccc(F)cc1)C(=O)Nc1ccc(F)cc1F. The van der Waals surface area contributed by atoms with Crippen LogP contribution in [0.2, 0.25) is 0 Å². The third kappa shape index (κ3) is 5.82. The van der Waals surface area contributed by atoms with Crippen molar-refractivity contribution in [3.63, 3.8) is 0 Å². The Morgan fingerprint density at radius 3 is 2.28 bits per heavy atom. The number of amides is 2. The average Bonchev–Trinajstić information content (AvgIpc) is 2.57. The molecule has 0 fully saturated rings. The summed E-state index contributed by atoms with van der Waals surface area (Å²) in [6, 6.07) is 8.11. The molecule has 0 heterocycles. The largest absolute Gasteiger partial charge is 0.325 e. The van der Waals surface area contributed by atoms with Crippen LogP contribution in [-0.4, -0.2) is 22.8 Å². The van der Waals surface area contributed by atoms with E-state index in [0.717, 1.165) is 23.9 Å². The Morgan fingerprint density at radius 2 is 1.64 bits per heavy atom. The van der Waals surface area contributed by atoms with Crippen LogP contribution < -0.4 is 10.6 Å². The minimum atomic E-state index is -0.875. The van der Waals surface area contributed by atoms with E-state index in [1.165, 1.54) is 24.3 Å². The summed E-state index contributed by atoms with van der Waals surface area (Å²) in [6.45, 7) is 1.56. The maximum absolute atomic E-state index is 13.5. The van der Waals surface area contributed by atoms with E-state index in [2.05, 4.69) is 10.6 Å². The molecule has 2 aromatic rings. The van der Waals surface area contributed by atoms with Gasteiger partial charge < -0.3 is 10.6 Å². The highest BCUT2D eigenvalue weighted by molar-refractivity contribution is 8.01. The van der Waals surface area contributed by atoms with Crippen LogP contribution in [0.15, 0.2) is 42.5 Å². The Kier molecular flexibility index (Phi) is 6.46. The molecule has 0 bridgehead atoms. The number of rotatable bonds is 6. The Hall–Kier alpha value is -2.48. The number of benzene rings is 2. The van der Waals surface area contributed by atoms with Crippen molar-refractivity contribution in [3.05, 3.63) is 59.9 Å². The van der Waals surface area contributed by atoms with Crippen LogP contribution in [0.4, 0.5) is 24.5 Å². The van der Waals surface area contributed by atoms with Crippen molar-refractivity contribution in [2.45, 2.75) is 12.2 Å². The van der Waals surface area contributed by atoms with E-state index >= 15 is 0 Å². The lowest BCUT2D eigenvalue weighted by Crippen LogP contribution is -2.25. The lowest BCUT2D eigenvalue weighted by atomic mass is 10.3. The minimum Gasteiger partial charge on any atom is -0.325 e. The van der Waals surface area contributed by atoms with Crippen molar-refractivity contribution in [2.75, 3.05) is 16.4 Å². The van der Waals surface area contributed by atoms with Gasteiger partial charge in [0.15, 0.2) is 0 Å². The molecule has 8 heteroatoms. The van der Waals surface area contributed by atoms with E-state index < -0.39 is 28.6 Å². The van der Waals surface area contributed by atoms with Crippen molar-refractivity contribution in [1.29, 1.82) is 0 Å². The maximum Gasteiger partial charge on any atom is 0.237 e. The molecule has 4 nitrogen and oxygen atoms in total. The van der Waals surface area contributed by atoms with Crippen LogP contribution in [0.5, 0.6) is 0 Å². The molecule has 0 saturated carbocycles. The first-order chi connectivity index (χ1) is 11.8. The topological polar surface area (TPSA) is 58.2 Å². The predicted molar refractivity (Wildman–Crippen MR) is 91.9 cm³/mol. The Morgan fingerprint density at radius 1 is 1.00 bits per heavy atom. The second-order valence-corrected chi connectivity index (χ2v) is 6.45. The van der Waals surface area contributed by atoms with E-state index in [-0.39, 0.29) is 17.3 Å². The van der Waals surface area contributed by atoms with Crippen LogP contribution in [0.25, 0.3) is 0 Å². The smallest absolute Gasteiger partial charge is 0.237 e. The van der Waals surface area contributed by atoms with Crippen LogP contribution in [0, 0.1) is 17.5 Å². The van der Waals surface area contributed by atoms with Gasteiger partial charge in [0.1, 0.15) is 17.5 Å². The van der Waals surface area contributed by atoms with Gasteiger partial charge in [0.05, 0.1) is 16.7 Å². The molecule has 0 aliphatic heterocycles. The standard InChI is InChI=1S/C17H15F3N2O2S/c1-10(17(24)22-15-7-4-12(19)8-14(15)20)25-9-16(23)21-13-5-2-11(18)3-6-13/h2-8,10H,9H2,1H3,(H,21,23)(H,22,24). The Bertz CT molecular complexity index is 769. The van der Waals surface area contributed by atoms with Gasteiger partial charge in [-0.1, -0.05) is 0 Å². The fraction of sp³-hybridized carbons (Fsp3) is 0.176. The van der Waals surface area contributed by atoms with Gasteiger partial charge in [0.2, 0.25) is 11.8 Å². The molecule has 0 saturated heterocycles. The summed E-state index contributed by atoms with van der Waals surface area (Å²) in [5, 5.41) is 4.27. The molecule has 25 heavy (non-hydrogen) atoms. The fourth-order valence-electron chi connectivity index (χ4n) is 1.83. The molecule has 0 aliphatic carbocycles. The number of hydrogen-bond donors (Lipinski definition) is 2. The summed E-state index contributed by atoms with van der Waals surface area (Å²) < 4.78 is 39.1. The summed E-state index contributed by atoms with van der Waals surface area (Å²) in [7, 11) is 0. The molecule has 0 spiro atoms. The van der Waals surface area contributed by atoms with Crippen LogP contribution in [0.3, 0.4) is 0 Å². The minimum absolute atomic E-state index is 0.0160. The monoisotopic (exact) mass is 368 g/mol. The first-order valence-electron chi connectivity index (χ1n) is 7.28. The molecule has 2 N–H and O–H groups in total. The molecule has 0 aliphatic rings. The van der Waals surface area contributed by atoms with Gasteiger partial charge in [-0.15, -0.1) is 11.8 Å². The molecular weight excluding hydrogens is 353 g/mol. The maximum atomic E-state index is 13.5. The predicted octanol–water partition coefficient (Wildman–Crippen LogP) is 3.80. The zero-order chi connectivity index (χ0) is 18.4. The highest BCUT2D eigenvalue weighted by Gasteiger charge is 2.17. The van der Waals surface area contributed by atoms with Gasteiger partial charge in [-0.2, -0.15) is 0 Å². The quantitative estimate of drug-likeness (QED) is 0.815. The van der Waals surface area contributed by atoms with Crippen molar-refractivity contribution in [2.24, 2.45) is 0 Å². The van der Waals surface area contributed by atoms with Crippen molar-refractivity contribution < 1.29 is 22.8 Å². The van der Waals surface area contributed by atoms with E-state index in [9.17, 15) is 22.8 Å². The van der Waals surface area contributed by atoms with E-state index in [0.29, 0.717) is 11.8 Å². The van der Waals surface area contributed by atoms with Crippen molar-refractivity contribution in [3.8, 4) is 0 Å². The second-order valence-electron chi connectivity index (χ2n) is 5.12. The number of nitrogens with one attached hydrogen (secondary N) is 2. The van der Waals surface area contributed by atoms with E-state index in [4.69, 9.17) is 0 Å². The first kappa shape index (κ1) is 18.9. The number of carbonyl (C=O) groups is 2. The number of hydrogen-bond acceptors (Lipinski definition) is 3. The summed E-state index contributed by atoms with van der Waals surface area (Å²) in [6.07, 6.45) is 0. The number of halogens is 3. The molecule has 132 valence electrons. The third-order valence-electron chi connectivity index (χ3n) is 3.15. The van der Waals surface area contributed by atoms with Crippen LogP contribution in [-0.2, 0) is 9.59 Å². The van der Waals surface area contributed by atoms with Gasteiger partial charge in [-0.25, -0.2) is 13.2 Å². The number of anilines is 2. The zero-order valence-corrected chi connectivity index (χ0v) is 14.0. The summed E-state index contributed by atoms with van der Waals surface area (Å²) >= 11 is 1.05. The van der Waals surface area contributed by atoms with E-state index in [1.54, 1.807) is 6.92 Å². The van der Waals surface area contributed by atoms with Gasteiger partial charge >= 0.3 is 0 Å².